The molecule has 668 valence electrons. The molecule has 9 aromatic heterocycles. The third-order valence-corrected chi connectivity index (χ3v) is 24.3. The minimum absolute atomic E-state index is 0.0110. The Hall–Kier alpha value is -11.3. The second-order valence-corrected chi connectivity index (χ2v) is 39.3. The van der Waals surface area contributed by atoms with Gasteiger partial charge in [-0.1, -0.05) is 48.9 Å². The number of amides is 3. The molecule has 0 bridgehead atoms. The number of carbonyl (C=O) groups excluding carboxylic acids is 7. The van der Waals surface area contributed by atoms with Gasteiger partial charge in [0.2, 0.25) is 0 Å². The molecule has 126 heavy (non-hydrogen) atoms. The van der Waals surface area contributed by atoms with Gasteiger partial charge in [0.1, 0.15) is 21.1 Å². The highest BCUT2D eigenvalue weighted by Crippen LogP contribution is 2.46. The second-order valence-electron chi connectivity index (χ2n) is 29.6. The molecule has 15 rings (SSSR count). The molecule has 3 atom stereocenters. The lowest BCUT2D eigenvalue weighted by atomic mass is 10.1. The minimum Gasteiger partial charge on any atom is -0.505 e. The summed E-state index contributed by atoms with van der Waals surface area (Å²) in [7, 11) is -7.90. The monoisotopic (exact) mass is 1890 g/mol. The van der Waals surface area contributed by atoms with Gasteiger partial charge in [-0.25, -0.2) is 19.2 Å². The molecule has 14 aromatic rings. The number of nitrogens with two attached hydrogens (primary N) is 1. The molecule has 0 saturated carbocycles. The molecule has 40 heteroatoms. The van der Waals surface area contributed by atoms with Gasteiger partial charge < -0.3 is 63.6 Å². The van der Waals surface area contributed by atoms with Gasteiger partial charge in [0.05, 0.1) is 89.7 Å². The zero-order valence-electron chi connectivity index (χ0n) is 71.7. The van der Waals surface area contributed by atoms with Crippen LogP contribution in [0.25, 0.3) is 94.9 Å². The Morgan fingerprint density at radius 2 is 0.968 bits per heavy atom. The molecular weight excluding hydrogens is 1800 g/mol. The average molecular weight is 1890 g/mol. The predicted molar refractivity (Wildman–Crippen MR) is 501 cm³/mol. The van der Waals surface area contributed by atoms with Crippen molar-refractivity contribution < 1.29 is 95.4 Å². The van der Waals surface area contributed by atoms with E-state index in [1.807, 2.05) is 149 Å². The van der Waals surface area contributed by atoms with Gasteiger partial charge in [0.25, 0.3) is 11.8 Å². The van der Waals surface area contributed by atoms with E-state index in [-0.39, 0.29) is 73.5 Å². The fourth-order valence-electron chi connectivity index (χ4n) is 12.2. The van der Waals surface area contributed by atoms with Crippen LogP contribution in [-0.2, 0) is 58.3 Å². The van der Waals surface area contributed by atoms with Crippen LogP contribution < -0.4 is 35.4 Å². The number of esters is 3. The fraction of sp³-hybridized carbons (Fsp3) is 0.302. The SMILES string of the molecule is CC[C@@H](C)NC(=O)c1sc2ccc3nc(C)ccc3c2c1OS(C)(=O)=O.COC(=O)CS.COC(=O)c1c(Cl)ccc2nc(C)ccc12.COC(=O)c1sc2ccc3nc(C)ccc3c2c1O.C[C@@H](N)CNC(=O)OC(C)(C)C.Cc1ccc2c(ccc3sc(C(=O)OS(C)(=O)=O)c(OS(C)(=O)=O)c32)n1.Cc1ccc2c(ccc3sc4c(c32)NC[C@@H](C)NC4=O)n1. The Labute approximate surface area is 753 Å². The number of pyridine rings is 5. The maximum absolute atomic E-state index is 12.7. The molecule has 0 radical (unpaired) electrons. The zero-order chi connectivity index (χ0) is 92.9. The summed E-state index contributed by atoms with van der Waals surface area (Å²) in [6, 6.07) is 37.2. The Kier molecular flexibility index (Phi) is 32.8. The number of ether oxygens (including phenoxy) is 4. The van der Waals surface area contributed by atoms with Gasteiger partial charge in [0, 0.05) is 127 Å². The number of anilines is 1. The number of benzene rings is 5. The average Bonchev–Trinajstić information content (AvgIpc) is 1.61. The molecule has 10 heterocycles. The van der Waals surface area contributed by atoms with Gasteiger partial charge in [0.15, 0.2) is 21.3 Å². The van der Waals surface area contributed by atoms with Gasteiger partial charge in [-0.05, 0) is 174 Å². The summed E-state index contributed by atoms with van der Waals surface area (Å²) in [6.07, 6.45) is 2.87. The van der Waals surface area contributed by atoms with Crippen molar-refractivity contribution in [3.8, 4) is 17.2 Å². The summed E-state index contributed by atoms with van der Waals surface area (Å²) in [6.45, 7) is 23.8. The zero-order valence-corrected chi connectivity index (χ0v) is 79.1. The third-order valence-electron chi connectivity index (χ3n) is 17.8. The van der Waals surface area contributed by atoms with Crippen LogP contribution >= 0.6 is 69.6 Å². The summed E-state index contributed by atoms with van der Waals surface area (Å²) < 4.78 is 106. The number of hydrogen-bond donors (Lipinski definition) is 7. The van der Waals surface area contributed by atoms with E-state index in [9.17, 15) is 63.9 Å². The molecule has 1 aliphatic heterocycles. The quantitative estimate of drug-likeness (QED) is 0.0230. The molecule has 7 N–H and O–H groups in total. The van der Waals surface area contributed by atoms with Crippen LogP contribution in [0.1, 0.15) is 132 Å². The van der Waals surface area contributed by atoms with E-state index in [0.29, 0.717) is 54.3 Å². The van der Waals surface area contributed by atoms with Crippen LogP contribution in [0.3, 0.4) is 0 Å². The number of aromatic hydroxyl groups is 1. The predicted octanol–water partition coefficient (Wildman–Crippen LogP) is 16.3. The van der Waals surface area contributed by atoms with Crippen LogP contribution in [0, 0.1) is 34.6 Å². The number of fused-ring (bicyclic) bond motifs is 15. The summed E-state index contributed by atoms with van der Waals surface area (Å²) in [5.41, 5.74) is 14.6. The fourth-order valence-corrected chi connectivity index (χ4v) is 18.2. The highest BCUT2D eigenvalue weighted by Gasteiger charge is 2.31. The van der Waals surface area contributed by atoms with Crippen molar-refractivity contribution in [2.45, 2.75) is 113 Å². The third kappa shape index (κ3) is 25.5. The number of thiophene rings is 4. The van der Waals surface area contributed by atoms with Crippen LogP contribution in [0.2, 0.25) is 5.02 Å². The lowest BCUT2D eigenvalue weighted by molar-refractivity contribution is -0.137. The molecule has 0 spiro atoms. The largest absolute Gasteiger partial charge is 0.505 e. The first-order chi connectivity index (χ1) is 59.1. The van der Waals surface area contributed by atoms with Crippen molar-refractivity contribution in [1.82, 2.24) is 40.9 Å². The number of aromatic nitrogens is 5. The van der Waals surface area contributed by atoms with E-state index in [0.717, 1.165) is 140 Å². The number of methoxy groups -OCH3 is 3. The summed E-state index contributed by atoms with van der Waals surface area (Å²) >= 11 is 14.5. The van der Waals surface area contributed by atoms with E-state index in [1.54, 1.807) is 43.3 Å². The smallest absolute Gasteiger partial charge is 0.407 e. The van der Waals surface area contributed by atoms with E-state index in [2.05, 4.69) is 84.6 Å². The van der Waals surface area contributed by atoms with Crippen LogP contribution in [0.4, 0.5) is 10.5 Å². The van der Waals surface area contributed by atoms with Gasteiger partial charge in [-0.15, -0.1) is 45.3 Å². The number of rotatable bonds is 14. The normalized spacial score (nSPS) is 13.0. The molecule has 0 fully saturated rings. The molecule has 31 nitrogen and oxygen atoms in total. The second kappa shape index (κ2) is 41.9. The lowest BCUT2D eigenvalue weighted by Crippen LogP contribution is -2.38. The Bertz CT molecular complexity index is 6910. The number of nitrogens with zero attached hydrogens (tertiary/aromatic N) is 5. The first kappa shape index (κ1) is 98.5. The van der Waals surface area contributed by atoms with E-state index in [4.69, 9.17) is 35.2 Å². The number of hydrogen-bond acceptors (Lipinski definition) is 33. The number of thiol groups is 1. The Morgan fingerprint density at radius 1 is 0.563 bits per heavy atom. The van der Waals surface area contributed by atoms with E-state index >= 15 is 0 Å². The van der Waals surface area contributed by atoms with Crippen LogP contribution in [0.5, 0.6) is 17.2 Å². The Morgan fingerprint density at radius 3 is 1.38 bits per heavy atom. The summed E-state index contributed by atoms with van der Waals surface area (Å²) in [4.78, 5) is 104. The van der Waals surface area contributed by atoms with Crippen molar-refractivity contribution in [2.75, 3.05) is 64.3 Å². The van der Waals surface area contributed by atoms with Crippen molar-refractivity contribution in [1.29, 1.82) is 0 Å². The number of alkyl carbamates (subject to hydrolysis) is 1. The lowest BCUT2D eigenvalue weighted by Gasteiger charge is -2.20. The van der Waals surface area contributed by atoms with Crippen LogP contribution in [-0.4, -0.2) is 180 Å². The van der Waals surface area contributed by atoms with Gasteiger partial charge >= 0.3 is 60.3 Å². The number of carbonyl (C=O) groups is 7. The maximum Gasteiger partial charge on any atom is 0.407 e. The standard InChI is InChI=1S/C18H20N2O4S2.C16H15N3OS.C15H13NO7S3.C14H11NO3S.C12H10ClNO2.C8H18N2O2.C3H6O2S/c1-5-10(2)20-18(21)17-16(24-26(4,22)23)15-12-7-6-11(3)19-13(12)8-9-14(15)25-17;1-8-3-4-10-11(18-8)5-6-12-13(10)14-15(21-12)16(20)19-9(2)7-17-14;1-8-4-5-9-10(16-8)6-7-11-12(9)13(22-25(2,18)19)14(24-11)15(17)23-26(3,20)21;1-7-3-4-8-9(15-7)5-6-10-11(8)12(16)13(19-10)14(17)18-2;1-7-3-4-8-10(14-7)6-5-9(13)11(8)12(15)16-2;1-6(9)5-10-7(11)12-8(2,3)4;1-5-3(4)2-6/h6-10H,5H2,1-4H3,(H,20,21);3-6,9,17H,7H2,1-2H3,(H,19,20);4-7H,1-3H3;3-6,16H,1-2H3;3-6H,1-2H3;6H,5,9H2,1-4H3,(H,10,11);6H,2H2,1H3/t10-;9-;;;;6-;/m11...1./s1. The topological polar surface area (TPSA) is 445 Å². The highest BCUT2D eigenvalue weighted by molar-refractivity contribution is 7.87. The van der Waals surface area contributed by atoms with E-state index < -0.39 is 60.0 Å². The molecule has 5 aromatic carbocycles. The van der Waals surface area contributed by atoms with E-state index in [1.165, 1.54) is 55.3 Å². The Balaban J connectivity index is 0.000000171. The number of halogens is 1. The number of aryl methyl sites for hydroxylation is 5. The van der Waals surface area contributed by atoms with Crippen molar-refractivity contribution in [3.63, 3.8) is 0 Å². The minimum atomic E-state index is -4.08. The maximum atomic E-state index is 12.7. The van der Waals surface area contributed by atoms with Gasteiger partial charge in [-0.2, -0.15) is 37.9 Å². The molecule has 1 aliphatic rings. The first-order valence-corrected chi connectivity index (χ1v) is 48.1. The molecule has 0 saturated heterocycles. The van der Waals surface area contributed by atoms with Gasteiger partial charge in [-0.3, -0.25) is 39.3 Å². The molecule has 0 unspecified atom stereocenters. The number of nitrogens with one attached hydrogen (secondary N) is 4. The molecule has 3 amide bonds. The summed E-state index contributed by atoms with van der Waals surface area (Å²) in [5.74, 6) is -2.85. The van der Waals surface area contributed by atoms with Crippen molar-refractivity contribution in [2.24, 2.45) is 5.73 Å². The molecule has 0 aliphatic carbocycles. The summed E-state index contributed by atoms with van der Waals surface area (Å²) in [5, 5.41) is 29.2. The van der Waals surface area contributed by atoms with Crippen LogP contribution in [0.15, 0.2) is 121 Å². The first-order valence-electron chi connectivity index (χ1n) is 38.4. The van der Waals surface area contributed by atoms with Crippen molar-refractivity contribution in [3.05, 3.63) is 180 Å². The highest BCUT2D eigenvalue weighted by atomic mass is 35.5. The van der Waals surface area contributed by atoms with Crippen molar-refractivity contribution >= 4 is 242 Å². The molecular formula is C86H93ClN10O21S8.